The van der Waals surface area contributed by atoms with Crippen molar-refractivity contribution in [3.05, 3.63) is 8.96 Å². The maximum Gasteiger partial charge on any atom is 0.0604 e. The Hall–Kier alpha value is 0.700. The monoisotopic (exact) mass is 292 g/mol. The third-order valence-corrected chi connectivity index (χ3v) is 4.61. The van der Waals surface area contributed by atoms with E-state index in [1.165, 1.54) is 22.7 Å². The van der Waals surface area contributed by atoms with E-state index in [0.717, 1.165) is 11.8 Å². The highest BCUT2D eigenvalue weighted by Crippen LogP contribution is 2.60. The van der Waals surface area contributed by atoms with Crippen LogP contribution in [0.1, 0.15) is 33.1 Å². The molecule has 0 spiro atoms. The van der Waals surface area contributed by atoms with Crippen LogP contribution in [-0.2, 0) is 0 Å². The molecule has 0 nitrogen and oxygen atoms in total. The lowest BCUT2D eigenvalue weighted by atomic mass is 9.73. The summed E-state index contributed by atoms with van der Waals surface area (Å²) in [5.74, 6) is 1.79. The average Bonchev–Trinajstić information content (AvgIpc) is 2.41. The maximum atomic E-state index is 3.57. The van der Waals surface area contributed by atoms with Crippen LogP contribution < -0.4 is 0 Å². The highest BCUT2D eigenvalue weighted by molar-refractivity contribution is 9.28. The zero-order valence-corrected chi connectivity index (χ0v) is 10.7. The van der Waals surface area contributed by atoms with Crippen molar-refractivity contribution in [1.29, 1.82) is 0 Å². The van der Waals surface area contributed by atoms with Crippen molar-refractivity contribution >= 4 is 31.9 Å². The quantitative estimate of drug-likeness (QED) is 0.619. The van der Waals surface area contributed by atoms with Crippen molar-refractivity contribution < 1.29 is 0 Å². The van der Waals surface area contributed by atoms with Crippen LogP contribution in [0.25, 0.3) is 0 Å². The van der Waals surface area contributed by atoms with Crippen LogP contribution in [0.3, 0.4) is 0 Å². The largest absolute Gasteiger partial charge is 0.0604 e. The van der Waals surface area contributed by atoms with Crippen molar-refractivity contribution in [3.8, 4) is 0 Å². The molecule has 0 saturated heterocycles. The number of hydrogen-bond acceptors (Lipinski definition) is 0. The first-order valence-electron chi connectivity index (χ1n) is 4.59. The fourth-order valence-corrected chi connectivity index (χ4v) is 4.71. The third kappa shape index (κ3) is 1.14. The Morgan fingerprint density at radius 2 is 2.00 bits per heavy atom. The molecule has 2 rings (SSSR count). The number of hydrogen-bond donors (Lipinski definition) is 0. The van der Waals surface area contributed by atoms with Crippen molar-refractivity contribution in [2.75, 3.05) is 0 Å². The second-order valence-electron chi connectivity index (χ2n) is 4.60. The van der Waals surface area contributed by atoms with Gasteiger partial charge in [0.25, 0.3) is 0 Å². The SMILES string of the molecule is CC1(C)C(=C(Br)Br)[C@H]2CC[C@@H]1C2. The highest BCUT2D eigenvalue weighted by atomic mass is 79.9. The molecule has 2 saturated carbocycles. The molecule has 2 atom stereocenters. The number of fused-ring (bicyclic) bond motifs is 2. The van der Waals surface area contributed by atoms with Crippen LogP contribution >= 0.6 is 31.9 Å². The Balaban J connectivity index is 2.42. The van der Waals surface area contributed by atoms with Gasteiger partial charge in [-0.15, -0.1) is 0 Å². The highest BCUT2D eigenvalue weighted by Gasteiger charge is 2.49. The number of rotatable bonds is 0. The molecule has 0 radical (unpaired) electrons. The van der Waals surface area contributed by atoms with Crippen LogP contribution in [0.4, 0.5) is 0 Å². The molecule has 0 N–H and O–H groups in total. The van der Waals surface area contributed by atoms with Gasteiger partial charge in [0.2, 0.25) is 0 Å². The molecule has 0 heterocycles. The zero-order chi connectivity index (χ0) is 8.93. The first-order valence-corrected chi connectivity index (χ1v) is 6.17. The fourth-order valence-electron chi connectivity index (χ4n) is 3.04. The van der Waals surface area contributed by atoms with Crippen molar-refractivity contribution in [1.82, 2.24) is 0 Å². The van der Waals surface area contributed by atoms with Gasteiger partial charge in [-0.2, -0.15) is 0 Å². The summed E-state index contributed by atoms with van der Waals surface area (Å²) in [6.07, 6.45) is 4.27. The Kier molecular flexibility index (Phi) is 2.20. The second-order valence-corrected chi connectivity index (χ2v) is 7.25. The van der Waals surface area contributed by atoms with Crippen molar-refractivity contribution in [3.63, 3.8) is 0 Å². The summed E-state index contributed by atoms with van der Waals surface area (Å²) in [5, 5.41) is 0. The maximum absolute atomic E-state index is 3.57. The van der Waals surface area contributed by atoms with E-state index in [2.05, 4.69) is 45.7 Å². The lowest BCUT2D eigenvalue weighted by molar-refractivity contribution is 0.288. The van der Waals surface area contributed by atoms with E-state index in [1.807, 2.05) is 0 Å². The molecule has 2 heteroatoms. The molecule has 0 amide bonds. The van der Waals surface area contributed by atoms with E-state index in [1.54, 1.807) is 5.57 Å². The van der Waals surface area contributed by atoms with Crippen LogP contribution in [0.2, 0.25) is 0 Å². The minimum absolute atomic E-state index is 0.436. The predicted octanol–water partition coefficient (Wildman–Crippen LogP) is 4.44. The molecule has 2 bridgehead atoms. The van der Waals surface area contributed by atoms with Crippen LogP contribution in [0.5, 0.6) is 0 Å². The average molecular weight is 294 g/mol. The van der Waals surface area contributed by atoms with Crippen molar-refractivity contribution in [2.24, 2.45) is 17.3 Å². The van der Waals surface area contributed by atoms with E-state index in [-0.39, 0.29) is 0 Å². The smallest absolute Gasteiger partial charge is 0.0558 e. The van der Waals surface area contributed by atoms with E-state index < -0.39 is 0 Å². The Morgan fingerprint density at radius 1 is 1.33 bits per heavy atom. The van der Waals surface area contributed by atoms with Gasteiger partial charge in [0.1, 0.15) is 0 Å². The second kappa shape index (κ2) is 2.84. The van der Waals surface area contributed by atoms with Crippen LogP contribution in [0.15, 0.2) is 8.96 Å². The molecule has 0 aromatic carbocycles. The van der Waals surface area contributed by atoms with E-state index in [9.17, 15) is 0 Å². The summed E-state index contributed by atoms with van der Waals surface area (Å²) in [6.45, 7) is 4.77. The van der Waals surface area contributed by atoms with Gasteiger partial charge in [0.05, 0.1) is 3.39 Å². The lowest BCUT2D eigenvalue weighted by Gasteiger charge is -2.33. The normalized spacial score (nSPS) is 37.5. The van der Waals surface area contributed by atoms with Gasteiger partial charge in [0, 0.05) is 0 Å². The topological polar surface area (TPSA) is 0 Å². The van der Waals surface area contributed by atoms with Gasteiger partial charge in [-0.3, -0.25) is 0 Å². The molecule has 0 aromatic heterocycles. The van der Waals surface area contributed by atoms with Crippen LogP contribution in [-0.4, -0.2) is 0 Å². The summed E-state index contributed by atoms with van der Waals surface area (Å²) in [7, 11) is 0. The first-order chi connectivity index (χ1) is 5.53. The van der Waals surface area contributed by atoms with E-state index in [0.29, 0.717) is 5.41 Å². The summed E-state index contributed by atoms with van der Waals surface area (Å²) < 4.78 is 1.22. The van der Waals surface area contributed by atoms with Gasteiger partial charge in [-0.1, -0.05) is 13.8 Å². The summed E-state index contributed by atoms with van der Waals surface area (Å²) >= 11 is 7.15. The molecule has 0 aliphatic heterocycles. The molecule has 2 fully saturated rings. The third-order valence-electron chi connectivity index (χ3n) is 3.76. The Morgan fingerprint density at radius 3 is 2.33 bits per heavy atom. The van der Waals surface area contributed by atoms with E-state index >= 15 is 0 Å². The van der Waals surface area contributed by atoms with E-state index in [4.69, 9.17) is 0 Å². The summed E-state index contributed by atoms with van der Waals surface area (Å²) in [6, 6.07) is 0. The first kappa shape index (κ1) is 9.26. The van der Waals surface area contributed by atoms with Crippen LogP contribution in [0, 0.1) is 17.3 Å². The summed E-state index contributed by atoms with van der Waals surface area (Å²) in [5.41, 5.74) is 2.06. The fraction of sp³-hybridized carbons (Fsp3) is 0.800. The van der Waals surface area contributed by atoms with Gasteiger partial charge >= 0.3 is 0 Å². The molecule has 0 aromatic rings. The number of allylic oxidation sites excluding steroid dienone is 1. The molecule has 0 unspecified atom stereocenters. The standard InChI is InChI=1S/C10H14Br2/c1-10(2)7-4-3-6(5-7)8(10)9(11)12/h6-7H,3-5H2,1-2H3/t6-,7+/m0/s1. The minimum Gasteiger partial charge on any atom is -0.0558 e. The van der Waals surface area contributed by atoms with Gasteiger partial charge in [-0.05, 0) is 73.9 Å². The molecule has 2 aliphatic rings. The van der Waals surface area contributed by atoms with Gasteiger partial charge < -0.3 is 0 Å². The Bertz CT molecular complexity index is 236. The van der Waals surface area contributed by atoms with Gasteiger partial charge in [-0.25, -0.2) is 0 Å². The predicted molar refractivity (Wildman–Crippen MR) is 59.5 cm³/mol. The Labute approximate surface area is 91.1 Å². The number of halogens is 2. The lowest BCUT2D eigenvalue weighted by Crippen LogP contribution is -2.22. The molecule has 12 heavy (non-hydrogen) atoms. The van der Waals surface area contributed by atoms with Crippen molar-refractivity contribution in [2.45, 2.75) is 33.1 Å². The zero-order valence-electron chi connectivity index (χ0n) is 7.53. The molecule has 68 valence electrons. The molecule has 2 aliphatic carbocycles. The minimum atomic E-state index is 0.436. The molecular formula is C10H14Br2. The molecular weight excluding hydrogens is 280 g/mol. The van der Waals surface area contributed by atoms with Gasteiger partial charge in [0.15, 0.2) is 0 Å². The summed E-state index contributed by atoms with van der Waals surface area (Å²) in [4.78, 5) is 0.